The number of furan rings is 1. The van der Waals surface area contributed by atoms with E-state index in [1.54, 1.807) is 6.92 Å². The van der Waals surface area contributed by atoms with Crippen molar-refractivity contribution >= 4 is 15.9 Å². The number of benzene rings is 1. The topological polar surface area (TPSA) is 91.7 Å². The summed E-state index contributed by atoms with van der Waals surface area (Å²) < 4.78 is 30.5. The second-order valence-electron chi connectivity index (χ2n) is 6.21. The van der Waals surface area contributed by atoms with Crippen molar-refractivity contribution < 1.29 is 17.6 Å². The molecule has 1 aromatic heterocycles. The molecule has 0 radical (unpaired) electrons. The molecule has 1 aliphatic heterocycles. The van der Waals surface area contributed by atoms with Gasteiger partial charge in [-0.25, -0.2) is 12.7 Å². The molecule has 3 rings (SSSR count). The Morgan fingerprint density at radius 1 is 1.24 bits per heavy atom. The second-order valence-corrected chi connectivity index (χ2v) is 8.29. The fourth-order valence-electron chi connectivity index (χ4n) is 2.72. The van der Waals surface area contributed by atoms with Gasteiger partial charge in [-0.15, -0.1) is 0 Å². The van der Waals surface area contributed by atoms with E-state index in [0.29, 0.717) is 6.54 Å². The Kier molecular flexibility index (Phi) is 4.68. The number of nitrogens with zero attached hydrogens (tertiary/aromatic N) is 1. The van der Waals surface area contributed by atoms with Crippen LogP contribution in [0, 0.1) is 6.92 Å². The molecule has 0 atom stereocenters. The summed E-state index contributed by atoms with van der Waals surface area (Å²) in [6.07, 6.45) is 0. The number of sulfonamides is 1. The third-order valence-electron chi connectivity index (χ3n) is 4.23. The lowest BCUT2D eigenvalue weighted by molar-refractivity contribution is 0.0949. The van der Waals surface area contributed by atoms with Crippen molar-refractivity contribution in [3.8, 4) is 0 Å². The van der Waals surface area contributed by atoms with Crippen LogP contribution in [-0.2, 0) is 29.7 Å². The average Bonchev–Trinajstić information content (AvgIpc) is 3.18. The van der Waals surface area contributed by atoms with Gasteiger partial charge in [0.25, 0.3) is 15.9 Å². The summed E-state index contributed by atoms with van der Waals surface area (Å²) >= 11 is 0. The van der Waals surface area contributed by atoms with E-state index in [2.05, 4.69) is 22.8 Å². The van der Waals surface area contributed by atoms with Crippen LogP contribution in [-0.4, -0.2) is 32.7 Å². The maximum absolute atomic E-state index is 12.4. The van der Waals surface area contributed by atoms with Crippen molar-refractivity contribution in [2.45, 2.75) is 31.7 Å². The summed E-state index contributed by atoms with van der Waals surface area (Å²) in [5, 5.41) is 5.86. The number of carbonyl (C=O) groups is 1. The molecule has 25 heavy (non-hydrogen) atoms. The van der Waals surface area contributed by atoms with Crippen LogP contribution in [0.3, 0.4) is 0 Å². The van der Waals surface area contributed by atoms with Gasteiger partial charge in [-0.2, -0.15) is 0 Å². The highest BCUT2D eigenvalue weighted by molar-refractivity contribution is 7.88. The summed E-state index contributed by atoms with van der Waals surface area (Å²) in [6.45, 7) is 3.65. The van der Waals surface area contributed by atoms with Crippen molar-refractivity contribution in [1.82, 2.24) is 14.9 Å². The molecule has 0 saturated carbocycles. The Morgan fingerprint density at radius 3 is 2.68 bits per heavy atom. The third kappa shape index (κ3) is 3.46. The first kappa shape index (κ1) is 17.7. The molecular weight excluding hydrogens is 342 g/mol. The van der Waals surface area contributed by atoms with Crippen LogP contribution in [0.2, 0.25) is 0 Å². The second kappa shape index (κ2) is 6.62. The highest BCUT2D eigenvalue weighted by atomic mass is 32.2. The monoisotopic (exact) mass is 363 g/mol. The van der Waals surface area contributed by atoms with E-state index >= 15 is 0 Å². The number of amides is 1. The summed E-state index contributed by atoms with van der Waals surface area (Å²) in [5.74, 6) is -0.0869. The minimum atomic E-state index is -3.71. The molecule has 2 aromatic rings. The molecule has 0 fully saturated rings. The van der Waals surface area contributed by atoms with E-state index in [9.17, 15) is 13.2 Å². The highest BCUT2D eigenvalue weighted by Crippen LogP contribution is 2.21. The Morgan fingerprint density at radius 2 is 1.96 bits per heavy atom. The maximum atomic E-state index is 12.4. The first-order valence-electron chi connectivity index (χ1n) is 7.91. The van der Waals surface area contributed by atoms with Crippen molar-refractivity contribution in [2.24, 2.45) is 0 Å². The van der Waals surface area contributed by atoms with Gasteiger partial charge in [0.15, 0.2) is 0 Å². The number of rotatable bonds is 5. The molecule has 0 unspecified atom stereocenters. The molecule has 1 aromatic carbocycles. The number of nitrogens with one attached hydrogen (secondary N) is 2. The van der Waals surface area contributed by atoms with Gasteiger partial charge in [0.05, 0.1) is 5.56 Å². The van der Waals surface area contributed by atoms with E-state index in [1.165, 1.54) is 31.3 Å². The van der Waals surface area contributed by atoms with Gasteiger partial charge in [0, 0.05) is 39.8 Å². The van der Waals surface area contributed by atoms with E-state index < -0.39 is 10.0 Å². The number of carbonyl (C=O) groups excluding carboxylic acids is 1. The van der Waals surface area contributed by atoms with Crippen LogP contribution in [0.5, 0.6) is 0 Å². The van der Waals surface area contributed by atoms with Crippen LogP contribution in [0.25, 0.3) is 0 Å². The molecule has 134 valence electrons. The highest BCUT2D eigenvalue weighted by Gasteiger charge is 2.25. The first-order valence-corrected chi connectivity index (χ1v) is 9.35. The van der Waals surface area contributed by atoms with Crippen molar-refractivity contribution in [2.75, 3.05) is 14.1 Å². The minimum Gasteiger partial charge on any atom is -0.448 e. The van der Waals surface area contributed by atoms with E-state index in [0.717, 1.165) is 23.0 Å². The number of aryl methyl sites for hydroxylation is 1. The standard InChI is InChI=1S/C17H21N3O4S/c1-11-15(7-16(24-11)25(22,23)20(2)3)17(21)19-8-12-4-5-13-9-18-10-14(13)6-12/h4-7,18H,8-10H2,1-3H3,(H,19,21). The number of hydrogen-bond donors (Lipinski definition) is 2. The fraction of sp³-hybridized carbons (Fsp3) is 0.353. The van der Waals surface area contributed by atoms with Crippen molar-refractivity contribution in [3.05, 3.63) is 52.3 Å². The lowest BCUT2D eigenvalue weighted by Crippen LogP contribution is -2.23. The molecule has 2 heterocycles. The third-order valence-corrected chi connectivity index (χ3v) is 5.90. The molecule has 2 N–H and O–H groups in total. The largest absolute Gasteiger partial charge is 0.448 e. The molecule has 0 spiro atoms. The fourth-order valence-corrected chi connectivity index (χ4v) is 3.58. The molecule has 1 aliphatic rings. The Labute approximate surface area is 147 Å². The van der Waals surface area contributed by atoms with Crippen LogP contribution < -0.4 is 10.6 Å². The summed E-state index contributed by atoms with van der Waals surface area (Å²) in [4.78, 5) is 12.4. The average molecular weight is 363 g/mol. The number of fused-ring (bicyclic) bond motifs is 1. The van der Waals surface area contributed by atoms with Crippen molar-refractivity contribution in [1.29, 1.82) is 0 Å². The summed E-state index contributed by atoms with van der Waals surface area (Å²) in [5.41, 5.74) is 3.74. The van der Waals surface area contributed by atoms with Gasteiger partial charge in [-0.1, -0.05) is 18.2 Å². The van der Waals surface area contributed by atoms with Crippen LogP contribution in [0.4, 0.5) is 0 Å². The molecular formula is C17H21N3O4S. The molecule has 0 bridgehead atoms. The molecule has 0 aliphatic carbocycles. The zero-order valence-corrected chi connectivity index (χ0v) is 15.2. The Balaban J connectivity index is 1.73. The predicted octanol–water partition coefficient (Wildman–Crippen LogP) is 1.37. The SMILES string of the molecule is Cc1oc(S(=O)(=O)N(C)C)cc1C(=O)NCc1ccc2c(c1)CNC2. The minimum absolute atomic E-state index is 0.225. The molecule has 0 saturated heterocycles. The molecule has 7 nitrogen and oxygen atoms in total. The van der Waals surface area contributed by atoms with E-state index in [1.807, 2.05) is 6.07 Å². The van der Waals surface area contributed by atoms with Gasteiger partial charge < -0.3 is 15.1 Å². The van der Waals surface area contributed by atoms with Crippen LogP contribution in [0.15, 0.2) is 33.8 Å². The number of hydrogen-bond acceptors (Lipinski definition) is 5. The van der Waals surface area contributed by atoms with Gasteiger partial charge in [0.2, 0.25) is 5.09 Å². The van der Waals surface area contributed by atoms with Gasteiger partial charge in [0.1, 0.15) is 5.76 Å². The summed E-state index contributed by atoms with van der Waals surface area (Å²) in [7, 11) is -0.882. The smallest absolute Gasteiger partial charge is 0.275 e. The molecule has 1 amide bonds. The zero-order chi connectivity index (χ0) is 18.2. The van der Waals surface area contributed by atoms with Crippen molar-refractivity contribution in [3.63, 3.8) is 0 Å². The lowest BCUT2D eigenvalue weighted by atomic mass is 10.1. The Hall–Kier alpha value is -2.16. The lowest BCUT2D eigenvalue weighted by Gasteiger charge is -2.07. The van der Waals surface area contributed by atoms with Crippen LogP contribution >= 0.6 is 0 Å². The quantitative estimate of drug-likeness (QED) is 0.837. The first-order chi connectivity index (χ1) is 11.8. The van der Waals surface area contributed by atoms with E-state index in [-0.39, 0.29) is 22.3 Å². The van der Waals surface area contributed by atoms with Gasteiger partial charge >= 0.3 is 0 Å². The Bertz CT molecular complexity index is 916. The zero-order valence-electron chi connectivity index (χ0n) is 14.4. The molecule has 8 heteroatoms. The normalized spacial score (nSPS) is 13.9. The van der Waals surface area contributed by atoms with Gasteiger partial charge in [-0.3, -0.25) is 4.79 Å². The van der Waals surface area contributed by atoms with E-state index in [4.69, 9.17) is 4.42 Å². The van der Waals surface area contributed by atoms with Gasteiger partial charge in [-0.05, 0) is 23.6 Å². The van der Waals surface area contributed by atoms with Crippen LogP contribution in [0.1, 0.15) is 32.8 Å². The maximum Gasteiger partial charge on any atom is 0.275 e. The summed E-state index contributed by atoms with van der Waals surface area (Å²) in [6, 6.07) is 7.38. The predicted molar refractivity (Wildman–Crippen MR) is 92.5 cm³/mol.